The van der Waals surface area contributed by atoms with Crippen LogP contribution in [0.2, 0.25) is 0 Å². The van der Waals surface area contributed by atoms with Crippen molar-refractivity contribution in [2.24, 2.45) is 11.7 Å². The Morgan fingerprint density at radius 3 is 2.65 bits per heavy atom. The van der Waals surface area contributed by atoms with Gasteiger partial charge in [0, 0.05) is 25.6 Å². The van der Waals surface area contributed by atoms with Crippen LogP contribution in [0.15, 0.2) is 0 Å². The van der Waals surface area contributed by atoms with Gasteiger partial charge in [-0.15, -0.1) is 0 Å². The standard InChI is InChI=1S/C12H21N3O2/c1-14-11(16)10-3-2-6-15(10)12(17)8-4-5-9(13)7-8/h8-10H,2-7,13H2,1H3,(H,14,16)/t8-,9-,10-/m0/s1. The number of nitrogens with zero attached hydrogens (tertiary/aromatic N) is 1. The van der Waals surface area contributed by atoms with Gasteiger partial charge in [0.25, 0.3) is 0 Å². The predicted molar refractivity (Wildman–Crippen MR) is 64.1 cm³/mol. The Labute approximate surface area is 102 Å². The van der Waals surface area contributed by atoms with Crippen molar-refractivity contribution in [2.75, 3.05) is 13.6 Å². The van der Waals surface area contributed by atoms with Gasteiger partial charge in [-0.1, -0.05) is 0 Å². The third-order valence-electron chi connectivity index (χ3n) is 3.91. The van der Waals surface area contributed by atoms with Gasteiger partial charge < -0.3 is 16.0 Å². The van der Waals surface area contributed by atoms with Gasteiger partial charge in [-0.2, -0.15) is 0 Å². The number of carbonyl (C=O) groups is 2. The van der Waals surface area contributed by atoms with Crippen molar-refractivity contribution in [3.05, 3.63) is 0 Å². The predicted octanol–water partition coefficient (Wildman–Crippen LogP) is -0.149. The Balaban J connectivity index is 2.01. The minimum absolute atomic E-state index is 0.0373. The molecule has 0 aromatic rings. The molecule has 3 N–H and O–H groups in total. The highest BCUT2D eigenvalue weighted by atomic mass is 16.2. The number of hydrogen-bond acceptors (Lipinski definition) is 3. The first kappa shape index (κ1) is 12.4. The molecule has 96 valence electrons. The fourth-order valence-corrected chi connectivity index (χ4v) is 2.94. The fourth-order valence-electron chi connectivity index (χ4n) is 2.94. The molecule has 0 aromatic heterocycles. The molecule has 1 saturated carbocycles. The first-order chi connectivity index (χ1) is 8.13. The number of carbonyl (C=O) groups excluding carboxylic acids is 2. The molecule has 2 rings (SSSR count). The van der Waals surface area contributed by atoms with Crippen LogP contribution < -0.4 is 11.1 Å². The van der Waals surface area contributed by atoms with Gasteiger partial charge in [-0.3, -0.25) is 9.59 Å². The molecule has 0 aromatic carbocycles. The average Bonchev–Trinajstić information content (AvgIpc) is 2.95. The highest BCUT2D eigenvalue weighted by molar-refractivity contribution is 5.89. The zero-order valence-electron chi connectivity index (χ0n) is 10.3. The largest absolute Gasteiger partial charge is 0.357 e. The van der Waals surface area contributed by atoms with E-state index in [2.05, 4.69) is 5.32 Å². The van der Waals surface area contributed by atoms with Crippen LogP contribution in [-0.4, -0.2) is 42.4 Å². The molecular formula is C12H21N3O2. The highest BCUT2D eigenvalue weighted by Crippen LogP contribution is 2.29. The van der Waals surface area contributed by atoms with E-state index in [0.29, 0.717) is 6.54 Å². The van der Waals surface area contributed by atoms with E-state index in [-0.39, 0.29) is 29.8 Å². The van der Waals surface area contributed by atoms with E-state index in [9.17, 15) is 9.59 Å². The van der Waals surface area contributed by atoms with Crippen molar-refractivity contribution in [2.45, 2.75) is 44.2 Å². The third kappa shape index (κ3) is 2.44. The minimum Gasteiger partial charge on any atom is -0.357 e. The molecule has 0 spiro atoms. The molecule has 2 amide bonds. The van der Waals surface area contributed by atoms with Crippen LogP contribution in [-0.2, 0) is 9.59 Å². The van der Waals surface area contributed by atoms with Crippen LogP contribution >= 0.6 is 0 Å². The smallest absolute Gasteiger partial charge is 0.242 e. The number of amides is 2. The quantitative estimate of drug-likeness (QED) is 0.703. The molecule has 2 aliphatic rings. The number of hydrogen-bond donors (Lipinski definition) is 2. The van der Waals surface area contributed by atoms with Gasteiger partial charge in [0.1, 0.15) is 6.04 Å². The summed E-state index contributed by atoms with van der Waals surface area (Å²) in [5.74, 6) is 0.123. The molecule has 1 heterocycles. The lowest BCUT2D eigenvalue weighted by Gasteiger charge is -2.26. The van der Waals surface area contributed by atoms with Crippen LogP contribution in [0.3, 0.4) is 0 Å². The lowest BCUT2D eigenvalue weighted by molar-refractivity contribution is -0.141. The Morgan fingerprint density at radius 1 is 1.29 bits per heavy atom. The van der Waals surface area contributed by atoms with Crippen LogP contribution in [0.4, 0.5) is 0 Å². The lowest BCUT2D eigenvalue weighted by atomic mass is 10.1. The summed E-state index contributed by atoms with van der Waals surface area (Å²) in [6, 6.07) is -0.102. The van der Waals surface area contributed by atoms with Gasteiger partial charge >= 0.3 is 0 Å². The Hall–Kier alpha value is -1.10. The van der Waals surface area contributed by atoms with Crippen LogP contribution in [0.5, 0.6) is 0 Å². The second-order valence-corrected chi connectivity index (χ2v) is 5.07. The van der Waals surface area contributed by atoms with Crippen molar-refractivity contribution in [3.63, 3.8) is 0 Å². The van der Waals surface area contributed by atoms with Crippen LogP contribution in [0.1, 0.15) is 32.1 Å². The number of rotatable bonds is 2. The molecule has 0 radical (unpaired) electrons. The molecule has 3 atom stereocenters. The van der Waals surface area contributed by atoms with Gasteiger partial charge in [0.05, 0.1) is 0 Å². The van der Waals surface area contributed by atoms with E-state index in [4.69, 9.17) is 5.73 Å². The number of likely N-dealkylation sites (N-methyl/N-ethyl adjacent to an activating group) is 1. The topological polar surface area (TPSA) is 75.4 Å². The maximum absolute atomic E-state index is 12.3. The summed E-state index contributed by atoms with van der Waals surface area (Å²) in [7, 11) is 1.62. The molecule has 2 fully saturated rings. The Kier molecular flexibility index (Phi) is 3.66. The third-order valence-corrected chi connectivity index (χ3v) is 3.91. The molecule has 1 aliphatic carbocycles. The fraction of sp³-hybridized carbons (Fsp3) is 0.833. The van der Waals surface area contributed by atoms with E-state index in [1.54, 1.807) is 11.9 Å². The highest BCUT2D eigenvalue weighted by Gasteiger charge is 2.38. The zero-order chi connectivity index (χ0) is 12.4. The first-order valence-electron chi connectivity index (χ1n) is 6.41. The SMILES string of the molecule is CNC(=O)[C@@H]1CCCN1C(=O)[C@H]1CC[C@H](N)C1. The van der Waals surface area contributed by atoms with Gasteiger partial charge in [0.15, 0.2) is 0 Å². The second-order valence-electron chi connectivity index (χ2n) is 5.07. The summed E-state index contributed by atoms with van der Waals surface area (Å²) in [6.07, 6.45) is 4.27. The van der Waals surface area contributed by atoms with Crippen LogP contribution in [0.25, 0.3) is 0 Å². The molecule has 5 heteroatoms. The number of nitrogens with one attached hydrogen (secondary N) is 1. The van der Waals surface area contributed by atoms with Gasteiger partial charge in [-0.25, -0.2) is 0 Å². The summed E-state index contributed by atoms with van der Waals surface area (Å²) in [5, 5.41) is 2.63. The summed E-state index contributed by atoms with van der Waals surface area (Å²) in [4.78, 5) is 25.7. The van der Waals surface area contributed by atoms with E-state index in [1.807, 2.05) is 0 Å². The van der Waals surface area contributed by atoms with E-state index in [1.165, 1.54) is 0 Å². The van der Waals surface area contributed by atoms with E-state index < -0.39 is 0 Å². The maximum Gasteiger partial charge on any atom is 0.242 e. The van der Waals surface area contributed by atoms with Crippen molar-refractivity contribution >= 4 is 11.8 Å². The van der Waals surface area contributed by atoms with Crippen molar-refractivity contribution in [1.82, 2.24) is 10.2 Å². The molecule has 0 bridgehead atoms. The summed E-state index contributed by atoms with van der Waals surface area (Å²) < 4.78 is 0. The summed E-state index contributed by atoms with van der Waals surface area (Å²) in [6.45, 7) is 0.711. The minimum atomic E-state index is -0.260. The normalized spacial score (nSPS) is 32.8. The molecule has 17 heavy (non-hydrogen) atoms. The van der Waals surface area contributed by atoms with Crippen molar-refractivity contribution in [1.29, 1.82) is 0 Å². The molecular weight excluding hydrogens is 218 g/mol. The summed E-state index contributed by atoms with van der Waals surface area (Å²) >= 11 is 0. The van der Waals surface area contributed by atoms with E-state index in [0.717, 1.165) is 32.1 Å². The maximum atomic E-state index is 12.3. The molecule has 5 nitrogen and oxygen atoms in total. The van der Waals surface area contributed by atoms with E-state index >= 15 is 0 Å². The first-order valence-corrected chi connectivity index (χ1v) is 6.41. The van der Waals surface area contributed by atoms with Crippen molar-refractivity contribution in [3.8, 4) is 0 Å². The van der Waals surface area contributed by atoms with Gasteiger partial charge in [-0.05, 0) is 32.1 Å². The van der Waals surface area contributed by atoms with Crippen molar-refractivity contribution < 1.29 is 9.59 Å². The Bertz CT molecular complexity index is 319. The zero-order valence-corrected chi connectivity index (χ0v) is 10.3. The molecule has 0 unspecified atom stereocenters. The second kappa shape index (κ2) is 5.04. The Morgan fingerprint density at radius 2 is 2.06 bits per heavy atom. The average molecular weight is 239 g/mol. The van der Waals surface area contributed by atoms with Crippen LogP contribution in [0, 0.1) is 5.92 Å². The number of nitrogens with two attached hydrogens (primary N) is 1. The number of likely N-dealkylation sites (tertiary alicyclic amines) is 1. The summed E-state index contributed by atoms with van der Waals surface area (Å²) in [5.41, 5.74) is 5.83. The molecule has 1 saturated heterocycles. The van der Waals surface area contributed by atoms with Gasteiger partial charge in [0.2, 0.25) is 11.8 Å². The monoisotopic (exact) mass is 239 g/mol. The lowest BCUT2D eigenvalue weighted by Crippen LogP contribution is -2.46. The molecule has 1 aliphatic heterocycles.